The van der Waals surface area contributed by atoms with Crippen LogP contribution in [-0.2, 0) is 9.47 Å². The average Bonchev–Trinajstić information content (AvgIpc) is 2.45. The van der Waals surface area contributed by atoms with E-state index in [2.05, 4.69) is 19.2 Å². The van der Waals surface area contributed by atoms with Crippen molar-refractivity contribution in [1.82, 2.24) is 5.32 Å². The number of rotatable bonds is 5. The van der Waals surface area contributed by atoms with Gasteiger partial charge < -0.3 is 14.8 Å². The topological polar surface area (TPSA) is 30.5 Å². The van der Waals surface area contributed by atoms with Crippen molar-refractivity contribution in [2.75, 3.05) is 13.2 Å². The highest BCUT2D eigenvalue weighted by Gasteiger charge is 2.34. The highest BCUT2D eigenvalue weighted by atomic mass is 16.7. The van der Waals surface area contributed by atoms with Crippen LogP contribution in [0.25, 0.3) is 0 Å². The average molecular weight is 273 g/mol. The third-order valence-corrected chi connectivity index (χ3v) is 3.46. The molecule has 2 rings (SSSR count). The molecule has 2 radical (unpaired) electrons. The van der Waals surface area contributed by atoms with Gasteiger partial charge in [-0.3, -0.25) is 0 Å². The molecule has 0 aliphatic carbocycles. The van der Waals surface area contributed by atoms with Gasteiger partial charge in [0.2, 0.25) is 0 Å². The molecule has 1 aromatic carbocycles. The Bertz CT molecular complexity index is 430. The van der Waals surface area contributed by atoms with E-state index < -0.39 is 0 Å². The summed E-state index contributed by atoms with van der Waals surface area (Å²) < 4.78 is 12.0. The van der Waals surface area contributed by atoms with E-state index in [0.29, 0.717) is 24.6 Å². The third-order valence-electron chi connectivity index (χ3n) is 3.46. The lowest BCUT2D eigenvalue weighted by molar-refractivity contribution is -0.238. The first-order valence-corrected chi connectivity index (χ1v) is 7.17. The summed E-state index contributed by atoms with van der Waals surface area (Å²) in [5, 5.41) is 3.35. The van der Waals surface area contributed by atoms with E-state index in [0.717, 1.165) is 5.56 Å². The van der Waals surface area contributed by atoms with Gasteiger partial charge in [0.1, 0.15) is 0 Å². The van der Waals surface area contributed by atoms with Crippen LogP contribution in [0.15, 0.2) is 35.9 Å². The summed E-state index contributed by atoms with van der Waals surface area (Å²) in [6, 6.07) is 10.2. The number of hydrogen-bond donors (Lipinski definition) is 1. The van der Waals surface area contributed by atoms with Crippen LogP contribution in [-0.4, -0.2) is 25.3 Å². The van der Waals surface area contributed by atoms with Crippen LogP contribution in [0, 0.1) is 12.5 Å². The van der Waals surface area contributed by atoms with Crippen LogP contribution in [0.4, 0.5) is 0 Å². The van der Waals surface area contributed by atoms with Gasteiger partial charge in [0.25, 0.3) is 0 Å². The standard InChI is InChI=1S/C17H23NO2/c1-12(2)10-18-15-11-19-17(20-16(15)13(3)4)14-8-6-5-7-9-14/h5-9,13,15-18H,10-11H2,1,3-4H3/t15-,16+,17-/m1/s1. The monoisotopic (exact) mass is 273 g/mol. The van der Waals surface area contributed by atoms with E-state index in [9.17, 15) is 0 Å². The van der Waals surface area contributed by atoms with Crippen LogP contribution in [0.5, 0.6) is 0 Å². The predicted octanol–water partition coefficient (Wildman–Crippen LogP) is 2.97. The smallest absolute Gasteiger partial charge is 0.184 e. The van der Waals surface area contributed by atoms with Crippen molar-refractivity contribution in [3.05, 3.63) is 48.0 Å². The zero-order chi connectivity index (χ0) is 14.5. The van der Waals surface area contributed by atoms with E-state index >= 15 is 0 Å². The van der Waals surface area contributed by atoms with Crippen molar-refractivity contribution in [2.45, 2.75) is 39.2 Å². The summed E-state index contributed by atoms with van der Waals surface area (Å²) in [5.41, 5.74) is 1.68. The molecule has 0 spiro atoms. The van der Waals surface area contributed by atoms with Crippen molar-refractivity contribution in [3.8, 4) is 0 Å². The van der Waals surface area contributed by atoms with Crippen LogP contribution >= 0.6 is 0 Å². The molecule has 1 aliphatic rings. The van der Waals surface area contributed by atoms with Crippen molar-refractivity contribution < 1.29 is 9.47 Å². The van der Waals surface area contributed by atoms with E-state index in [-0.39, 0.29) is 18.4 Å². The molecular formula is C17H23NO2. The zero-order valence-corrected chi connectivity index (χ0v) is 12.4. The molecule has 3 nitrogen and oxygen atoms in total. The Morgan fingerprint density at radius 1 is 1.35 bits per heavy atom. The van der Waals surface area contributed by atoms with E-state index in [1.165, 1.54) is 0 Å². The summed E-state index contributed by atoms with van der Waals surface area (Å²) in [6.45, 7) is 14.8. The minimum absolute atomic E-state index is 0.0910. The summed E-state index contributed by atoms with van der Waals surface area (Å²) in [4.78, 5) is 0. The van der Waals surface area contributed by atoms with Gasteiger partial charge in [-0.05, 0) is 19.4 Å². The van der Waals surface area contributed by atoms with E-state index in [4.69, 9.17) is 16.1 Å². The summed E-state index contributed by atoms with van der Waals surface area (Å²) in [5.74, 6) is 0.397. The van der Waals surface area contributed by atoms with Crippen molar-refractivity contribution >= 4 is 0 Å². The fourth-order valence-corrected chi connectivity index (χ4v) is 2.43. The van der Waals surface area contributed by atoms with E-state index in [1.54, 1.807) is 6.92 Å². The number of nitrogens with one attached hydrogen (secondary N) is 1. The number of benzene rings is 1. The highest BCUT2D eigenvalue weighted by molar-refractivity contribution is 5.16. The molecule has 0 bridgehead atoms. The minimum Gasteiger partial charge on any atom is -0.347 e. The molecule has 1 N–H and O–H groups in total. The summed E-state index contributed by atoms with van der Waals surface area (Å²) >= 11 is 0. The molecule has 0 unspecified atom stereocenters. The molecule has 1 aliphatic heterocycles. The first kappa shape index (κ1) is 15.2. The van der Waals surface area contributed by atoms with Gasteiger partial charge in [-0.15, -0.1) is 0 Å². The maximum absolute atomic E-state index is 7.52. The number of ether oxygens (including phenoxy) is 2. The van der Waals surface area contributed by atoms with Gasteiger partial charge in [0.05, 0.1) is 18.8 Å². The minimum atomic E-state index is -0.289. The van der Waals surface area contributed by atoms with Gasteiger partial charge in [-0.2, -0.15) is 0 Å². The Morgan fingerprint density at radius 3 is 2.65 bits per heavy atom. The summed E-state index contributed by atoms with van der Waals surface area (Å²) in [6.07, 6.45) is -0.198. The lowest BCUT2D eigenvalue weighted by atomic mass is 9.98. The highest BCUT2D eigenvalue weighted by Crippen LogP contribution is 2.29. The number of hydrogen-bond acceptors (Lipinski definition) is 3. The Hall–Kier alpha value is -1.16. The van der Waals surface area contributed by atoms with Gasteiger partial charge in [0.15, 0.2) is 6.29 Å². The maximum atomic E-state index is 7.52. The van der Waals surface area contributed by atoms with Crippen molar-refractivity contribution in [2.24, 2.45) is 5.92 Å². The first-order valence-electron chi connectivity index (χ1n) is 7.17. The molecule has 20 heavy (non-hydrogen) atoms. The fourth-order valence-electron chi connectivity index (χ4n) is 2.43. The molecule has 0 aromatic heterocycles. The second-order valence-electron chi connectivity index (χ2n) is 5.69. The molecular weight excluding hydrogens is 250 g/mol. The largest absolute Gasteiger partial charge is 0.347 e. The summed E-state index contributed by atoms with van der Waals surface area (Å²) in [7, 11) is 0. The van der Waals surface area contributed by atoms with Gasteiger partial charge >= 0.3 is 0 Å². The second-order valence-corrected chi connectivity index (χ2v) is 5.69. The van der Waals surface area contributed by atoms with Gasteiger partial charge in [-0.25, -0.2) is 0 Å². The Morgan fingerprint density at radius 2 is 2.05 bits per heavy atom. The quantitative estimate of drug-likeness (QED) is 0.894. The Labute approximate surface area is 122 Å². The molecule has 0 saturated carbocycles. The first-order chi connectivity index (χ1) is 9.58. The lowest BCUT2D eigenvalue weighted by Gasteiger charge is -2.39. The molecule has 108 valence electrons. The SMILES string of the molecule is [C]=C(C)CN[C@@H]1CO[C@@H](c2ccccc2)O[C@H]1C(C)C. The van der Waals surface area contributed by atoms with Crippen LogP contribution in [0.3, 0.4) is 0 Å². The molecule has 1 fully saturated rings. The van der Waals surface area contributed by atoms with Gasteiger partial charge in [0, 0.05) is 12.1 Å². The zero-order valence-electron chi connectivity index (χ0n) is 12.4. The van der Waals surface area contributed by atoms with Crippen LogP contribution < -0.4 is 5.32 Å². The van der Waals surface area contributed by atoms with E-state index in [1.807, 2.05) is 30.3 Å². The second kappa shape index (κ2) is 7.02. The van der Waals surface area contributed by atoms with Crippen LogP contribution in [0.2, 0.25) is 0 Å². The molecule has 1 heterocycles. The van der Waals surface area contributed by atoms with Crippen molar-refractivity contribution in [3.63, 3.8) is 0 Å². The Kier molecular flexibility index (Phi) is 5.35. The van der Waals surface area contributed by atoms with Crippen LogP contribution in [0.1, 0.15) is 32.6 Å². The Balaban J connectivity index is 2.02. The normalized spacial score (nSPS) is 26.7. The molecule has 0 amide bonds. The predicted molar refractivity (Wildman–Crippen MR) is 79.1 cm³/mol. The lowest BCUT2D eigenvalue weighted by Crippen LogP contribution is -2.51. The fraction of sp³-hybridized carbons (Fsp3) is 0.529. The molecule has 3 atom stereocenters. The molecule has 1 aromatic rings. The van der Waals surface area contributed by atoms with Gasteiger partial charge in [-0.1, -0.05) is 49.8 Å². The third kappa shape index (κ3) is 3.92. The van der Waals surface area contributed by atoms with Crippen molar-refractivity contribution in [1.29, 1.82) is 0 Å². The maximum Gasteiger partial charge on any atom is 0.184 e. The molecule has 1 saturated heterocycles. The molecule has 3 heteroatoms.